The smallest absolute Gasteiger partial charge is 0.336 e. The van der Waals surface area contributed by atoms with E-state index in [1.165, 1.54) is 24.3 Å². The maximum absolute atomic E-state index is 10.5. The first-order valence-electron chi connectivity index (χ1n) is 7.45. The van der Waals surface area contributed by atoms with E-state index in [0.29, 0.717) is 11.5 Å². The molecule has 0 saturated heterocycles. The molecule has 6 heteroatoms. The van der Waals surface area contributed by atoms with Crippen LogP contribution in [0.1, 0.15) is 20.7 Å². The average molecular weight is 354 g/mol. The van der Waals surface area contributed by atoms with Gasteiger partial charge in [0.25, 0.3) is 0 Å². The van der Waals surface area contributed by atoms with Crippen LogP contribution in [-0.2, 0) is 0 Å². The molecule has 0 bridgehead atoms. The molecule has 3 aromatic carbocycles. The largest absolute Gasteiger partial charge is 0.508 e. The Labute approximate surface area is 150 Å². The molecule has 0 atom stereocenters. The molecular formula is C20H18O6. The lowest BCUT2D eigenvalue weighted by molar-refractivity contribution is 0.0651. The number of benzene rings is 3. The lowest BCUT2D eigenvalue weighted by atomic mass is 10.1. The van der Waals surface area contributed by atoms with Crippen LogP contribution in [0.25, 0.3) is 0 Å². The van der Waals surface area contributed by atoms with Crippen molar-refractivity contribution in [3.05, 3.63) is 96.1 Å². The van der Waals surface area contributed by atoms with Gasteiger partial charge in [-0.2, -0.15) is 0 Å². The third kappa shape index (κ3) is 7.65. The molecule has 3 aromatic rings. The van der Waals surface area contributed by atoms with Crippen LogP contribution >= 0.6 is 0 Å². The first-order chi connectivity index (χ1) is 12.4. The van der Waals surface area contributed by atoms with Gasteiger partial charge in [-0.3, -0.25) is 0 Å². The number of rotatable bonds is 2. The van der Waals surface area contributed by atoms with Crippen LogP contribution in [0.2, 0.25) is 0 Å². The Morgan fingerprint density at radius 2 is 0.769 bits per heavy atom. The molecular weight excluding hydrogens is 336 g/mol. The van der Waals surface area contributed by atoms with Crippen LogP contribution in [0.15, 0.2) is 84.9 Å². The molecule has 0 heterocycles. The zero-order valence-electron chi connectivity index (χ0n) is 13.7. The number of carboxylic acids is 2. The van der Waals surface area contributed by atoms with Gasteiger partial charge < -0.3 is 20.4 Å². The molecule has 4 N–H and O–H groups in total. The molecule has 0 saturated carbocycles. The maximum Gasteiger partial charge on any atom is 0.336 e. The van der Waals surface area contributed by atoms with Crippen LogP contribution in [0.3, 0.4) is 0 Å². The van der Waals surface area contributed by atoms with Crippen molar-refractivity contribution in [2.45, 2.75) is 0 Å². The Balaban J connectivity index is 0.000000207. The molecule has 0 radical (unpaired) electrons. The van der Waals surface area contributed by atoms with Gasteiger partial charge in [0.1, 0.15) is 11.5 Å². The van der Waals surface area contributed by atoms with Gasteiger partial charge >= 0.3 is 11.9 Å². The van der Waals surface area contributed by atoms with Gasteiger partial charge in [-0.25, -0.2) is 9.59 Å². The first kappa shape index (κ1) is 20.2. The third-order valence-electron chi connectivity index (χ3n) is 2.90. The first-order valence-corrected chi connectivity index (χ1v) is 7.45. The van der Waals surface area contributed by atoms with E-state index < -0.39 is 11.9 Å². The number of aromatic carboxylic acids is 2. The van der Waals surface area contributed by atoms with E-state index in [0.717, 1.165) is 0 Å². The SMILES string of the molecule is O=C(O)c1ccccc1C(=O)O.Oc1ccccc1.Oc1ccccc1. The average Bonchev–Trinajstić information content (AvgIpc) is 2.64. The minimum absolute atomic E-state index is 0.190. The molecule has 0 spiro atoms. The molecule has 134 valence electrons. The van der Waals surface area contributed by atoms with E-state index in [-0.39, 0.29) is 11.1 Å². The molecule has 6 nitrogen and oxygen atoms in total. The van der Waals surface area contributed by atoms with Crippen LogP contribution in [0, 0.1) is 0 Å². The summed E-state index contributed by atoms with van der Waals surface area (Å²) in [5, 5.41) is 34.4. The molecule has 0 amide bonds. The number of phenolic OH excluding ortho intramolecular Hbond substituents is 2. The number of hydrogen-bond acceptors (Lipinski definition) is 4. The van der Waals surface area contributed by atoms with E-state index in [1.54, 1.807) is 48.5 Å². The summed E-state index contributed by atoms with van der Waals surface area (Å²) in [6.45, 7) is 0. The zero-order valence-corrected chi connectivity index (χ0v) is 13.7. The lowest BCUT2D eigenvalue weighted by Gasteiger charge is -1.98. The van der Waals surface area contributed by atoms with E-state index in [1.807, 2.05) is 12.1 Å². The number of aromatic hydroxyl groups is 2. The predicted molar refractivity (Wildman–Crippen MR) is 96.6 cm³/mol. The molecule has 0 aliphatic heterocycles. The van der Waals surface area contributed by atoms with Crippen molar-refractivity contribution < 1.29 is 30.0 Å². The Morgan fingerprint density at radius 3 is 0.962 bits per heavy atom. The summed E-state index contributed by atoms with van der Waals surface area (Å²) in [7, 11) is 0. The standard InChI is InChI=1S/C8H6O4.2C6H6O/c9-7(10)5-3-1-2-4-6(5)8(11)12;2*7-6-4-2-1-3-5-6/h1-4H,(H,9,10)(H,11,12);2*1-5,7H. The minimum atomic E-state index is -1.23. The zero-order chi connectivity index (χ0) is 19.4. The fourth-order valence-corrected chi connectivity index (χ4v) is 1.71. The quantitative estimate of drug-likeness (QED) is 0.555. The molecule has 3 rings (SSSR count). The summed E-state index contributed by atoms with van der Waals surface area (Å²) in [6, 6.07) is 22.9. The van der Waals surface area contributed by atoms with Crippen LogP contribution < -0.4 is 0 Å². The van der Waals surface area contributed by atoms with Crippen LogP contribution in [0.4, 0.5) is 0 Å². The van der Waals surface area contributed by atoms with Crippen LogP contribution in [-0.4, -0.2) is 32.4 Å². The molecule has 0 aliphatic carbocycles. The normalized spacial score (nSPS) is 8.92. The maximum atomic E-state index is 10.5. The highest BCUT2D eigenvalue weighted by Gasteiger charge is 2.13. The highest BCUT2D eigenvalue weighted by molar-refractivity contribution is 6.01. The number of carbonyl (C=O) groups is 2. The van der Waals surface area contributed by atoms with E-state index in [2.05, 4.69) is 0 Å². The summed E-state index contributed by atoms with van der Waals surface area (Å²) in [4.78, 5) is 20.9. The summed E-state index contributed by atoms with van der Waals surface area (Å²) in [5.74, 6) is -1.81. The Hall–Kier alpha value is -3.80. The molecule has 0 unspecified atom stereocenters. The molecule has 0 aliphatic rings. The van der Waals surface area contributed by atoms with Gasteiger partial charge in [0.05, 0.1) is 11.1 Å². The fourth-order valence-electron chi connectivity index (χ4n) is 1.71. The van der Waals surface area contributed by atoms with Crippen molar-refractivity contribution in [3.63, 3.8) is 0 Å². The van der Waals surface area contributed by atoms with Gasteiger partial charge in [0.15, 0.2) is 0 Å². The van der Waals surface area contributed by atoms with E-state index in [4.69, 9.17) is 20.4 Å². The minimum Gasteiger partial charge on any atom is -0.508 e. The Morgan fingerprint density at radius 1 is 0.500 bits per heavy atom. The second-order valence-corrected chi connectivity index (χ2v) is 4.83. The fraction of sp³-hybridized carbons (Fsp3) is 0. The Kier molecular flexibility index (Phi) is 8.47. The predicted octanol–water partition coefficient (Wildman–Crippen LogP) is 3.87. The summed E-state index contributed by atoms with van der Waals surface area (Å²) >= 11 is 0. The number of para-hydroxylation sites is 2. The highest BCUT2D eigenvalue weighted by atomic mass is 16.4. The second kappa shape index (κ2) is 10.9. The third-order valence-corrected chi connectivity index (χ3v) is 2.90. The number of hydrogen-bond donors (Lipinski definition) is 4. The second-order valence-electron chi connectivity index (χ2n) is 4.83. The van der Waals surface area contributed by atoms with E-state index in [9.17, 15) is 9.59 Å². The van der Waals surface area contributed by atoms with Crippen molar-refractivity contribution in [1.29, 1.82) is 0 Å². The van der Waals surface area contributed by atoms with Crippen molar-refractivity contribution in [2.24, 2.45) is 0 Å². The molecule has 0 fully saturated rings. The monoisotopic (exact) mass is 354 g/mol. The van der Waals surface area contributed by atoms with Gasteiger partial charge in [-0.15, -0.1) is 0 Å². The van der Waals surface area contributed by atoms with Gasteiger partial charge in [-0.05, 0) is 36.4 Å². The van der Waals surface area contributed by atoms with Crippen molar-refractivity contribution in [2.75, 3.05) is 0 Å². The van der Waals surface area contributed by atoms with Crippen molar-refractivity contribution >= 4 is 11.9 Å². The lowest BCUT2D eigenvalue weighted by Crippen LogP contribution is -2.06. The van der Waals surface area contributed by atoms with Gasteiger partial charge in [-0.1, -0.05) is 48.5 Å². The number of carboxylic acid groups (broad SMARTS) is 2. The van der Waals surface area contributed by atoms with Crippen molar-refractivity contribution in [3.8, 4) is 11.5 Å². The molecule has 26 heavy (non-hydrogen) atoms. The topological polar surface area (TPSA) is 115 Å². The molecule has 0 aromatic heterocycles. The summed E-state index contributed by atoms with van der Waals surface area (Å²) in [5.41, 5.74) is -0.380. The van der Waals surface area contributed by atoms with Crippen molar-refractivity contribution in [1.82, 2.24) is 0 Å². The van der Waals surface area contributed by atoms with E-state index >= 15 is 0 Å². The van der Waals surface area contributed by atoms with Gasteiger partial charge in [0, 0.05) is 0 Å². The van der Waals surface area contributed by atoms with Crippen LogP contribution in [0.5, 0.6) is 11.5 Å². The Bertz CT molecular complexity index is 745. The summed E-state index contributed by atoms with van der Waals surface area (Å²) < 4.78 is 0. The van der Waals surface area contributed by atoms with Gasteiger partial charge in [0.2, 0.25) is 0 Å². The highest BCUT2D eigenvalue weighted by Crippen LogP contribution is 2.08. The summed E-state index contributed by atoms with van der Waals surface area (Å²) in [6.07, 6.45) is 0. The number of phenols is 2.